The number of benzene rings is 1. The zero-order valence-corrected chi connectivity index (χ0v) is 14.8. The average molecular weight is 481 g/mol. The molecule has 0 N–H and O–H groups in total. The number of hydrogen-bond donors (Lipinski definition) is 0. The van der Waals surface area contributed by atoms with Gasteiger partial charge in [0.1, 0.15) is 11.6 Å². The van der Waals surface area contributed by atoms with Crippen LogP contribution in [0.15, 0.2) is 26.5 Å². The maximum Gasteiger partial charge on any atom is 0.131 e. The van der Waals surface area contributed by atoms with Crippen LogP contribution >= 0.6 is 70.7 Å². The Morgan fingerprint density at radius 3 is 2.11 bits per heavy atom. The molecule has 0 amide bonds. The summed E-state index contributed by atoms with van der Waals surface area (Å²) in [5, 5.41) is 0.525. The fourth-order valence-corrected chi connectivity index (χ4v) is 4.41. The van der Waals surface area contributed by atoms with Crippen molar-refractivity contribution < 1.29 is 8.78 Å². The van der Waals surface area contributed by atoms with E-state index >= 15 is 0 Å². The zero-order chi connectivity index (χ0) is 13.4. The molecule has 0 aliphatic rings. The Hall–Kier alpha value is 0.510. The molecule has 7 heteroatoms. The number of halogens is 6. The Morgan fingerprint density at radius 2 is 1.67 bits per heavy atom. The van der Waals surface area contributed by atoms with Crippen molar-refractivity contribution >= 4 is 70.7 Å². The van der Waals surface area contributed by atoms with Crippen LogP contribution in [0.25, 0.3) is 0 Å². The van der Waals surface area contributed by atoms with Gasteiger partial charge in [-0.3, -0.25) is 0 Å². The van der Waals surface area contributed by atoms with E-state index in [-0.39, 0.29) is 5.56 Å². The summed E-state index contributed by atoms with van der Waals surface area (Å²) >= 11 is 16.9. The second-order valence-corrected chi connectivity index (χ2v) is 8.06. The maximum atomic E-state index is 13.8. The minimum absolute atomic E-state index is 0.0244. The summed E-state index contributed by atoms with van der Waals surface area (Å²) < 4.78 is 28.7. The Morgan fingerprint density at radius 1 is 1.11 bits per heavy atom. The largest absolute Gasteiger partial charge is 0.206 e. The first-order valence-corrected chi connectivity index (χ1v) is 8.33. The molecule has 18 heavy (non-hydrogen) atoms. The summed E-state index contributed by atoms with van der Waals surface area (Å²) in [6, 6.07) is 4.14. The van der Waals surface area contributed by atoms with Crippen LogP contribution in [-0.2, 0) is 0 Å². The Kier molecular flexibility index (Phi) is 4.86. The summed E-state index contributed by atoms with van der Waals surface area (Å²) in [6.45, 7) is 0. The van der Waals surface area contributed by atoms with Gasteiger partial charge in [-0.05, 0) is 34.1 Å². The molecule has 0 radical (unpaired) electrons. The van der Waals surface area contributed by atoms with Crippen LogP contribution in [0.3, 0.4) is 0 Å². The van der Waals surface area contributed by atoms with Crippen molar-refractivity contribution in [3.8, 4) is 0 Å². The summed E-state index contributed by atoms with van der Waals surface area (Å²) in [5.74, 6) is -1.21. The Labute approximate surface area is 137 Å². The van der Waals surface area contributed by atoms with Crippen LogP contribution in [-0.4, -0.2) is 0 Å². The van der Waals surface area contributed by atoms with E-state index in [1.165, 1.54) is 23.5 Å². The summed E-state index contributed by atoms with van der Waals surface area (Å²) in [4.78, 5) is 0.159. The van der Waals surface area contributed by atoms with E-state index in [9.17, 15) is 8.78 Å². The molecule has 0 saturated carbocycles. The van der Waals surface area contributed by atoms with Gasteiger partial charge in [-0.15, -0.1) is 11.3 Å². The van der Waals surface area contributed by atoms with Crippen molar-refractivity contribution in [1.29, 1.82) is 0 Å². The van der Waals surface area contributed by atoms with Gasteiger partial charge in [-0.2, -0.15) is 0 Å². The highest BCUT2D eigenvalue weighted by atomic mass is 79.9. The van der Waals surface area contributed by atoms with Gasteiger partial charge in [0.2, 0.25) is 0 Å². The molecule has 0 aliphatic carbocycles. The van der Waals surface area contributed by atoms with Crippen molar-refractivity contribution in [2.24, 2.45) is 0 Å². The summed E-state index contributed by atoms with van der Waals surface area (Å²) in [6.07, 6.45) is 0. The van der Waals surface area contributed by atoms with Crippen molar-refractivity contribution in [1.82, 2.24) is 0 Å². The highest BCUT2D eigenvalue weighted by Gasteiger charge is 2.22. The standard InChI is InChI=1S/C11H4Br3ClF2S/c12-4-1-6(16)9(7(17)2-4)10(13)8-3-5(15)11(14)18-8/h1-3,10H. The third-order valence-electron chi connectivity index (χ3n) is 2.21. The monoisotopic (exact) mass is 478 g/mol. The molecule has 1 unspecified atom stereocenters. The van der Waals surface area contributed by atoms with Crippen LogP contribution in [0.5, 0.6) is 0 Å². The van der Waals surface area contributed by atoms with Gasteiger partial charge in [0, 0.05) is 14.9 Å². The molecule has 2 rings (SSSR count). The second kappa shape index (κ2) is 5.87. The Balaban J connectivity index is 2.49. The van der Waals surface area contributed by atoms with Crippen LogP contribution < -0.4 is 0 Å². The smallest absolute Gasteiger partial charge is 0.131 e. The lowest BCUT2D eigenvalue weighted by Crippen LogP contribution is -1.99. The molecule has 1 aromatic carbocycles. The molecule has 1 heterocycles. The zero-order valence-electron chi connectivity index (χ0n) is 8.49. The summed E-state index contributed by atoms with van der Waals surface area (Å²) in [5.41, 5.74) is -0.0244. The van der Waals surface area contributed by atoms with E-state index < -0.39 is 16.5 Å². The third kappa shape index (κ3) is 2.98. The van der Waals surface area contributed by atoms with Crippen LogP contribution in [0.4, 0.5) is 8.78 Å². The van der Waals surface area contributed by atoms with Gasteiger partial charge in [0.25, 0.3) is 0 Å². The predicted molar refractivity (Wildman–Crippen MR) is 81.9 cm³/mol. The summed E-state index contributed by atoms with van der Waals surface area (Å²) in [7, 11) is 0. The highest BCUT2D eigenvalue weighted by molar-refractivity contribution is 9.11. The molecule has 0 spiro atoms. The van der Waals surface area contributed by atoms with Crippen molar-refractivity contribution in [3.63, 3.8) is 0 Å². The van der Waals surface area contributed by atoms with Gasteiger partial charge in [0.05, 0.1) is 13.6 Å². The predicted octanol–water partition coefficient (Wildman–Crippen LogP) is 6.69. The molecular weight excluding hydrogens is 477 g/mol. The van der Waals surface area contributed by atoms with Gasteiger partial charge >= 0.3 is 0 Å². The lowest BCUT2D eigenvalue weighted by Gasteiger charge is -2.11. The Bertz CT molecular complexity index is 557. The third-order valence-corrected chi connectivity index (χ3v) is 6.46. The molecule has 0 bridgehead atoms. The molecule has 2 aromatic rings. The van der Waals surface area contributed by atoms with E-state index in [1.54, 1.807) is 6.07 Å². The molecular formula is C11H4Br3ClF2S. The number of rotatable bonds is 2. The van der Waals surface area contributed by atoms with Crippen molar-refractivity contribution in [2.45, 2.75) is 4.83 Å². The average Bonchev–Trinajstić information content (AvgIpc) is 2.57. The van der Waals surface area contributed by atoms with E-state index in [2.05, 4.69) is 47.8 Å². The molecule has 96 valence electrons. The van der Waals surface area contributed by atoms with Crippen molar-refractivity contribution in [3.05, 3.63) is 53.6 Å². The molecule has 1 aromatic heterocycles. The minimum Gasteiger partial charge on any atom is -0.206 e. The lowest BCUT2D eigenvalue weighted by molar-refractivity contribution is 0.560. The number of hydrogen-bond acceptors (Lipinski definition) is 1. The number of alkyl halides is 1. The molecule has 0 saturated heterocycles. The fraction of sp³-hybridized carbons (Fsp3) is 0.0909. The SMILES string of the molecule is Fc1cc(Br)cc(F)c1C(Br)c1cc(Cl)c(Br)s1. The van der Waals surface area contributed by atoms with Gasteiger partial charge in [0.15, 0.2) is 0 Å². The minimum atomic E-state index is -0.607. The maximum absolute atomic E-state index is 13.8. The normalized spacial score (nSPS) is 12.8. The van der Waals surface area contributed by atoms with Crippen molar-refractivity contribution in [2.75, 3.05) is 0 Å². The first-order valence-electron chi connectivity index (χ1n) is 4.63. The number of thiophene rings is 1. The van der Waals surface area contributed by atoms with E-state index in [1.807, 2.05) is 0 Å². The van der Waals surface area contributed by atoms with Crippen LogP contribution in [0.1, 0.15) is 15.3 Å². The topological polar surface area (TPSA) is 0 Å². The van der Waals surface area contributed by atoms with Crippen LogP contribution in [0.2, 0.25) is 5.02 Å². The van der Waals surface area contributed by atoms with E-state index in [4.69, 9.17) is 11.6 Å². The second-order valence-electron chi connectivity index (χ2n) is 3.42. The van der Waals surface area contributed by atoms with Gasteiger partial charge in [-0.1, -0.05) is 43.5 Å². The molecule has 0 aliphatic heterocycles. The van der Waals surface area contributed by atoms with E-state index in [0.717, 1.165) is 8.66 Å². The fourth-order valence-electron chi connectivity index (χ4n) is 1.43. The lowest BCUT2D eigenvalue weighted by atomic mass is 10.1. The molecule has 1 atom stereocenters. The highest BCUT2D eigenvalue weighted by Crippen LogP contribution is 2.43. The van der Waals surface area contributed by atoms with Gasteiger partial charge in [-0.25, -0.2) is 8.78 Å². The van der Waals surface area contributed by atoms with E-state index in [0.29, 0.717) is 9.50 Å². The first kappa shape index (κ1) is 14.9. The molecule has 0 nitrogen and oxygen atoms in total. The quantitative estimate of drug-likeness (QED) is 0.420. The van der Waals surface area contributed by atoms with Crippen LogP contribution in [0, 0.1) is 11.6 Å². The first-order chi connectivity index (χ1) is 8.40. The van der Waals surface area contributed by atoms with Gasteiger partial charge < -0.3 is 0 Å². The molecule has 0 fully saturated rings.